The molecule has 1 fully saturated rings. The first-order valence-corrected chi connectivity index (χ1v) is 6.91. The third-order valence-electron chi connectivity index (χ3n) is 3.62. The lowest BCUT2D eigenvalue weighted by molar-refractivity contribution is 0.128. The van der Waals surface area contributed by atoms with Gasteiger partial charge in [-0.2, -0.15) is 5.26 Å². The van der Waals surface area contributed by atoms with Gasteiger partial charge in [-0.05, 0) is 12.5 Å². The molecule has 1 atom stereocenters. The van der Waals surface area contributed by atoms with Gasteiger partial charge in [-0.1, -0.05) is 30.3 Å². The Morgan fingerprint density at radius 1 is 1.30 bits per heavy atom. The molecule has 1 aliphatic heterocycles. The second-order valence-corrected chi connectivity index (χ2v) is 4.97. The summed E-state index contributed by atoms with van der Waals surface area (Å²) >= 11 is 0. The summed E-state index contributed by atoms with van der Waals surface area (Å²) in [5.41, 5.74) is 1.09. The Bertz CT molecular complexity index is 474. The second kappa shape index (κ2) is 6.92. The molecule has 5 heteroatoms. The fourth-order valence-electron chi connectivity index (χ4n) is 2.28. The van der Waals surface area contributed by atoms with Crippen LogP contribution in [0.3, 0.4) is 0 Å². The van der Waals surface area contributed by atoms with E-state index in [4.69, 9.17) is 5.26 Å². The molecule has 1 heterocycles. The lowest BCUT2D eigenvalue weighted by Crippen LogP contribution is -2.53. The zero-order valence-corrected chi connectivity index (χ0v) is 11.7. The van der Waals surface area contributed by atoms with Crippen molar-refractivity contribution in [1.29, 1.82) is 5.26 Å². The smallest absolute Gasteiger partial charge is 0.317 e. The van der Waals surface area contributed by atoms with Crippen LogP contribution in [0.2, 0.25) is 0 Å². The number of nitrogens with one attached hydrogen (secondary N) is 1. The minimum Gasteiger partial charge on any atom is -0.334 e. The van der Waals surface area contributed by atoms with Crippen molar-refractivity contribution in [3.05, 3.63) is 35.9 Å². The van der Waals surface area contributed by atoms with E-state index in [2.05, 4.69) is 16.3 Å². The molecule has 0 spiro atoms. The topological polar surface area (TPSA) is 59.4 Å². The Kier molecular flexibility index (Phi) is 4.97. The lowest BCUT2D eigenvalue weighted by Gasteiger charge is -2.35. The van der Waals surface area contributed by atoms with Gasteiger partial charge in [-0.25, -0.2) is 4.79 Å². The number of carbonyl (C=O) groups excluding carboxylic acids is 1. The standard InChI is InChI=1S/C15H20N4O/c1-13(11-16)18-7-9-19(10-8-18)15(20)17-12-14-5-3-2-4-6-14/h2-6,13H,7-10,12H2,1H3,(H,17,20). The third-order valence-corrected chi connectivity index (χ3v) is 3.62. The summed E-state index contributed by atoms with van der Waals surface area (Å²) in [6, 6.07) is 12.0. The van der Waals surface area contributed by atoms with E-state index in [1.54, 1.807) is 0 Å². The minimum atomic E-state index is -0.0791. The van der Waals surface area contributed by atoms with E-state index < -0.39 is 0 Å². The van der Waals surface area contributed by atoms with Gasteiger partial charge < -0.3 is 10.2 Å². The first-order chi connectivity index (χ1) is 9.70. The van der Waals surface area contributed by atoms with Crippen LogP contribution in [0.4, 0.5) is 4.79 Å². The maximum Gasteiger partial charge on any atom is 0.317 e. The van der Waals surface area contributed by atoms with E-state index in [0.717, 1.165) is 18.7 Å². The van der Waals surface area contributed by atoms with Crippen molar-refractivity contribution in [3.8, 4) is 6.07 Å². The highest BCUT2D eigenvalue weighted by Crippen LogP contribution is 2.06. The van der Waals surface area contributed by atoms with Crippen molar-refractivity contribution in [1.82, 2.24) is 15.1 Å². The summed E-state index contributed by atoms with van der Waals surface area (Å²) in [4.78, 5) is 16.0. The van der Waals surface area contributed by atoms with Gasteiger partial charge in [0.05, 0.1) is 12.1 Å². The molecular weight excluding hydrogens is 252 g/mol. The molecule has 0 aromatic heterocycles. The Balaban J connectivity index is 1.76. The van der Waals surface area contributed by atoms with Gasteiger partial charge in [0.15, 0.2) is 0 Å². The van der Waals surface area contributed by atoms with E-state index in [0.29, 0.717) is 19.6 Å². The number of hydrogen-bond donors (Lipinski definition) is 1. The van der Waals surface area contributed by atoms with E-state index in [-0.39, 0.29) is 12.1 Å². The summed E-state index contributed by atoms with van der Waals surface area (Å²) < 4.78 is 0. The summed E-state index contributed by atoms with van der Waals surface area (Å²) in [6.07, 6.45) is 0. The van der Waals surface area contributed by atoms with E-state index in [1.807, 2.05) is 42.2 Å². The van der Waals surface area contributed by atoms with Crippen molar-refractivity contribution in [3.63, 3.8) is 0 Å². The summed E-state index contributed by atoms with van der Waals surface area (Å²) in [7, 11) is 0. The van der Waals surface area contributed by atoms with Crippen molar-refractivity contribution in [2.75, 3.05) is 26.2 Å². The zero-order chi connectivity index (χ0) is 14.4. The molecule has 1 aliphatic rings. The number of amides is 2. The first-order valence-electron chi connectivity index (χ1n) is 6.91. The Hall–Kier alpha value is -2.06. The van der Waals surface area contributed by atoms with Gasteiger partial charge in [0.25, 0.3) is 0 Å². The average Bonchev–Trinajstić information content (AvgIpc) is 2.53. The summed E-state index contributed by atoms with van der Waals surface area (Å²) in [5.74, 6) is 0. The van der Waals surface area contributed by atoms with Crippen LogP contribution in [-0.4, -0.2) is 48.1 Å². The Morgan fingerprint density at radius 3 is 2.55 bits per heavy atom. The van der Waals surface area contributed by atoms with Crippen LogP contribution < -0.4 is 5.32 Å². The number of carbonyl (C=O) groups is 1. The molecular formula is C15H20N4O. The van der Waals surface area contributed by atoms with Gasteiger partial charge in [0.1, 0.15) is 0 Å². The normalized spacial score (nSPS) is 17.3. The van der Waals surface area contributed by atoms with Gasteiger partial charge >= 0.3 is 6.03 Å². The molecule has 0 aliphatic carbocycles. The maximum absolute atomic E-state index is 12.0. The predicted molar refractivity (Wildman–Crippen MR) is 76.9 cm³/mol. The van der Waals surface area contributed by atoms with Gasteiger partial charge in [0, 0.05) is 32.7 Å². The number of nitriles is 1. The summed E-state index contributed by atoms with van der Waals surface area (Å²) in [6.45, 7) is 5.31. The molecule has 5 nitrogen and oxygen atoms in total. The van der Waals surface area contributed by atoms with Gasteiger partial charge in [-0.15, -0.1) is 0 Å². The van der Waals surface area contributed by atoms with Crippen LogP contribution in [0.15, 0.2) is 30.3 Å². The molecule has 0 saturated carbocycles. The molecule has 20 heavy (non-hydrogen) atoms. The molecule has 0 bridgehead atoms. The fraction of sp³-hybridized carbons (Fsp3) is 0.467. The maximum atomic E-state index is 12.0. The minimum absolute atomic E-state index is 0.0295. The molecule has 2 rings (SSSR count). The van der Waals surface area contributed by atoms with E-state index in [1.165, 1.54) is 0 Å². The van der Waals surface area contributed by atoms with Crippen LogP contribution in [0.1, 0.15) is 12.5 Å². The number of nitrogens with zero attached hydrogens (tertiary/aromatic N) is 3. The molecule has 1 aromatic carbocycles. The van der Waals surface area contributed by atoms with Crippen LogP contribution in [0.25, 0.3) is 0 Å². The van der Waals surface area contributed by atoms with Crippen molar-refractivity contribution in [2.45, 2.75) is 19.5 Å². The van der Waals surface area contributed by atoms with Crippen LogP contribution >= 0.6 is 0 Å². The van der Waals surface area contributed by atoms with E-state index in [9.17, 15) is 4.79 Å². The highest BCUT2D eigenvalue weighted by atomic mass is 16.2. The SMILES string of the molecule is CC(C#N)N1CCN(C(=O)NCc2ccccc2)CC1. The molecule has 2 amide bonds. The lowest BCUT2D eigenvalue weighted by atomic mass is 10.2. The monoisotopic (exact) mass is 272 g/mol. The molecule has 1 saturated heterocycles. The van der Waals surface area contributed by atoms with Crippen molar-refractivity contribution < 1.29 is 4.79 Å². The Labute approximate surface area is 119 Å². The van der Waals surface area contributed by atoms with E-state index >= 15 is 0 Å². The molecule has 106 valence electrons. The first kappa shape index (κ1) is 14.4. The fourth-order valence-corrected chi connectivity index (χ4v) is 2.28. The predicted octanol–water partition coefficient (Wildman–Crippen LogP) is 1.43. The number of piperazine rings is 1. The number of hydrogen-bond acceptors (Lipinski definition) is 3. The Morgan fingerprint density at radius 2 is 1.95 bits per heavy atom. The van der Waals surface area contributed by atoms with Gasteiger partial charge in [0.2, 0.25) is 0 Å². The van der Waals surface area contributed by atoms with Crippen LogP contribution in [-0.2, 0) is 6.54 Å². The quantitative estimate of drug-likeness (QED) is 0.905. The average molecular weight is 272 g/mol. The van der Waals surface area contributed by atoms with Crippen LogP contribution in [0, 0.1) is 11.3 Å². The molecule has 1 N–H and O–H groups in total. The summed E-state index contributed by atoms with van der Waals surface area (Å²) in [5, 5.41) is 11.8. The zero-order valence-electron chi connectivity index (χ0n) is 11.7. The van der Waals surface area contributed by atoms with Crippen molar-refractivity contribution in [2.24, 2.45) is 0 Å². The number of rotatable bonds is 3. The highest BCUT2D eigenvalue weighted by Gasteiger charge is 2.23. The molecule has 1 unspecified atom stereocenters. The molecule has 0 radical (unpaired) electrons. The highest BCUT2D eigenvalue weighted by molar-refractivity contribution is 5.74. The largest absolute Gasteiger partial charge is 0.334 e. The van der Waals surface area contributed by atoms with Crippen LogP contribution in [0.5, 0.6) is 0 Å². The second-order valence-electron chi connectivity index (χ2n) is 4.97. The number of benzene rings is 1. The third kappa shape index (κ3) is 3.72. The number of urea groups is 1. The van der Waals surface area contributed by atoms with Gasteiger partial charge in [-0.3, -0.25) is 4.90 Å². The van der Waals surface area contributed by atoms with Crippen molar-refractivity contribution >= 4 is 6.03 Å². The molecule has 1 aromatic rings.